The summed E-state index contributed by atoms with van der Waals surface area (Å²) in [4.78, 5) is 0. The summed E-state index contributed by atoms with van der Waals surface area (Å²) in [6.07, 6.45) is 4.21. The molecule has 0 atom stereocenters. The monoisotopic (exact) mass is 283 g/mol. The van der Waals surface area contributed by atoms with E-state index in [0.29, 0.717) is 17.4 Å². The first kappa shape index (κ1) is 15.1. The Morgan fingerprint density at radius 3 is 2.76 bits per heavy atom. The van der Waals surface area contributed by atoms with Gasteiger partial charge in [0.15, 0.2) is 0 Å². The first-order valence-electron chi connectivity index (χ1n) is 7.07. The maximum absolute atomic E-state index is 9.00. The fraction of sp³-hybridized carbons (Fsp3) is 0.353. The number of hydrogen-bond donors (Lipinski definition) is 1. The Hall–Kier alpha value is -2.25. The second-order valence-electron chi connectivity index (χ2n) is 5.37. The minimum absolute atomic E-state index is 0.483. The van der Waals surface area contributed by atoms with Crippen molar-refractivity contribution in [3.05, 3.63) is 53.3 Å². The van der Waals surface area contributed by atoms with Gasteiger partial charge in [-0.25, -0.2) is 0 Å². The van der Waals surface area contributed by atoms with Crippen LogP contribution in [0.25, 0.3) is 0 Å². The van der Waals surface area contributed by atoms with Crippen molar-refractivity contribution in [1.82, 2.24) is 9.88 Å². The maximum Gasteiger partial charge on any atom is 0.136 e. The molecule has 0 radical (unpaired) electrons. The predicted octanol–water partition coefficient (Wildman–Crippen LogP) is 2.91. The van der Waals surface area contributed by atoms with E-state index in [1.807, 2.05) is 12.1 Å². The summed E-state index contributed by atoms with van der Waals surface area (Å²) in [6, 6.07) is 10.4. The molecular formula is C17H21N3O. The molecule has 0 amide bonds. The molecule has 1 N–H and O–H groups in total. The van der Waals surface area contributed by atoms with E-state index in [-0.39, 0.29) is 0 Å². The lowest BCUT2D eigenvalue weighted by Gasteiger charge is -2.08. The Balaban J connectivity index is 2.06. The van der Waals surface area contributed by atoms with E-state index in [1.54, 1.807) is 13.2 Å². The van der Waals surface area contributed by atoms with Crippen LogP contribution in [-0.4, -0.2) is 17.7 Å². The number of rotatable bonds is 6. The second kappa shape index (κ2) is 6.96. The lowest BCUT2D eigenvalue weighted by atomic mass is 10.1. The van der Waals surface area contributed by atoms with E-state index in [1.165, 1.54) is 5.56 Å². The zero-order chi connectivity index (χ0) is 15.2. The Morgan fingerprint density at radius 1 is 1.29 bits per heavy atom. The molecule has 1 heterocycles. The maximum atomic E-state index is 9.00. The van der Waals surface area contributed by atoms with E-state index in [4.69, 9.17) is 10.00 Å². The van der Waals surface area contributed by atoms with Gasteiger partial charge in [-0.2, -0.15) is 5.26 Å². The largest absolute Gasteiger partial charge is 0.495 e. The van der Waals surface area contributed by atoms with Gasteiger partial charge in [0.05, 0.1) is 12.7 Å². The SMILES string of the molecule is COc1cc(Cn2ccc(CNC(C)C)c2)ccc1C#N. The number of nitrogens with one attached hydrogen (secondary N) is 1. The molecule has 4 nitrogen and oxygen atoms in total. The van der Waals surface area contributed by atoms with E-state index < -0.39 is 0 Å². The fourth-order valence-electron chi connectivity index (χ4n) is 2.15. The molecule has 0 unspecified atom stereocenters. The van der Waals surface area contributed by atoms with Crippen LogP contribution in [0.15, 0.2) is 36.7 Å². The summed E-state index contributed by atoms with van der Waals surface area (Å²) >= 11 is 0. The molecule has 110 valence electrons. The van der Waals surface area contributed by atoms with Crippen LogP contribution >= 0.6 is 0 Å². The molecule has 4 heteroatoms. The van der Waals surface area contributed by atoms with E-state index in [2.05, 4.69) is 48.3 Å². The molecule has 0 aliphatic heterocycles. The number of methoxy groups -OCH3 is 1. The van der Waals surface area contributed by atoms with E-state index in [0.717, 1.165) is 18.7 Å². The average molecular weight is 283 g/mol. The number of ether oxygens (including phenoxy) is 1. The van der Waals surface area contributed by atoms with Gasteiger partial charge in [0.1, 0.15) is 11.8 Å². The third kappa shape index (κ3) is 4.11. The third-order valence-corrected chi connectivity index (χ3v) is 3.28. The average Bonchev–Trinajstić information content (AvgIpc) is 2.92. The molecule has 2 aromatic rings. The lowest BCUT2D eigenvalue weighted by Crippen LogP contribution is -2.21. The minimum atomic E-state index is 0.483. The van der Waals surface area contributed by atoms with Crippen LogP contribution in [0.4, 0.5) is 0 Å². The third-order valence-electron chi connectivity index (χ3n) is 3.28. The smallest absolute Gasteiger partial charge is 0.136 e. The number of aromatic nitrogens is 1. The van der Waals surface area contributed by atoms with Crippen molar-refractivity contribution in [3.63, 3.8) is 0 Å². The van der Waals surface area contributed by atoms with Crippen LogP contribution in [-0.2, 0) is 13.1 Å². The summed E-state index contributed by atoms with van der Waals surface area (Å²) in [5.74, 6) is 0.629. The Labute approximate surface area is 126 Å². The summed E-state index contributed by atoms with van der Waals surface area (Å²) in [6.45, 7) is 5.92. The highest BCUT2D eigenvalue weighted by molar-refractivity contribution is 5.45. The van der Waals surface area contributed by atoms with Crippen LogP contribution in [0.5, 0.6) is 5.75 Å². The van der Waals surface area contributed by atoms with Crippen LogP contribution in [0, 0.1) is 11.3 Å². The molecular weight excluding hydrogens is 262 g/mol. The molecule has 1 aromatic heterocycles. The van der Waals surface area contributed by atoms with Crippen molar-refractivity contribution in [1.29, 1.82) is 5.26 Å². The summed E-state index contributed by atoms with van der Waals surface area (Å²) < 4.78 is 7.38. The molecule has 0 saturated carbocycles. The predicted molar refractivity (Wildman–Crippen MR) is 83.2 cm³/mol. The first-order valence-corrected chi connectivity index (χ1v) is 7.07. The van der Waals surface area contributed by atoms with Gasteiger partial charge in [0.2, 0.25) is 0 Å². The van der Waals surface area contributed by atoms with Gasteiger partial charge < -0.3 is 14.6 Å². The van der Waals surface area contributed by atoms with Gasteiger partial charge in [-0.05, 0) is 29.3 Å². The van der Waals surface area contributed by atoms with Gasteiger partial charge in [-0.3, -0.25) is 0 Å². The Morgan fingerprint density at radius 2 is 2.10 bits per heavy atom. The fourth-order valence-corrected chi connectivity index (χ4v) is 2.15. The van der Waals surface area contributed by atoms with Crippen molar-refractivity contribution >= 4 is 0 Å². The van der Waals surface area contributed by atoms with Gasteiger partial charge >= 0.3 is 0 Å². The summed E-state index contributed by atoms with van der Waals surface area (Å²) in [5, 5.41) is 12.4. The molecule has 2 rings (SSSR count). The van der Waals surface area contributed by atoms with Crippen molar-refractivity contribution in [2.45, 2.75) is 33.0 Å². The molecule has 0 saturated heterocycles. The molecule has 0 aliphatic rings. The summed E-state index contributed by atoms with van der Waals surface area (Å²) in [5.41, 5.74) is 2.95. The van der Waals surface area contributed by atoms with Gasteiger partial charge in [0, 0.05) is 31.5 Å². The standard InChI is InChI=1S/C17H21N3O/c1-13(2)19-10-15-6-7-20(12-15)11-14-4-5-16(9-18)17(8-14)21-3/h4-8,12-13,19H,10-11H2,1-3H3. The zero-order valence-electron chi connectivity index (χ0n) is 12.8. The second-order valence-corrected chi connectivity index (χ2v) is 5.37. The number of nitriles is 1. The van der Waals surface area contributed by atoms with E-state index >= 15 is 0 Å². The molecule has 0 spiro atoms. The van der Waals surface area contributed by atoms with Crippen molar-refractivity contribution in [2.24, 2.45) is 0 Å². The molecule has 1 aromatic carbocycles. The van der Waals surface area contributed by atoms with Gasteiger partial charge in [0.25, 0.3) is 0 Å². The van der Waals surface area contributed by atoms with Gasteiger partial charge in [-0.15, -0.1) is 0 Å². The minimum Gasteiger partial charge on any atom is -0.495 e. The topological polar surface area (TPSA) is 50.0 Å². The van der Waals surface area contributed by atoms with Gasteiger partial charge in [-0.1, -0.05) is 19.9 Å². The summed E-state index contributed by atoms with van der Waals surface area (Å²) in [7, 11) is 1.59. The Kier molecular flexibility index (Phi) is 5.02. The number of benzene rings is 1. The van der Waals surface area contributed by atoms with Crippen LogP contribution in [0.2, 0.25) is 0 Å². The highest BCUT2D eigenvalue weighted by Gasteiger charge is 2.05. The molecule has 0 fully saturated rings. The van der Waals surface area contributed by atoms with Crippen LogP contribution in [0.1, 0.15) is 30.5 Å². The number of nitrogens with zero attached hydrogens (tertiary/aromatic N) is 2. The zero-order valence-corrected chi connectivity index (χ0v) is 12.8. The lowest BCUT2D eigenvalue weighted by molar-refractivity contribution is 0.413. The van der Waals surface area contributed by atoms with Crippen molar-refractivity contribution in [2.75, 3.05) is 7.11 Å². The van der Waals surface area contributed by atoms with E-state index in [9.17, 15) is 0 Å². The highest BCUT2D eigenvalue weighted by Crippen LogP contribution is 2.20. The van der Waals surface area contributed by atoms with Crippen LogP contribution < -0.4 is 10.1 Å². The van der Waals surface area contributed by atoms with Crippen LogP contribution in [0.3, 0.4) is 0 Å². The normalized spacial score (nSPS) is 10.6. The quantitative estimate of drug-likeness (QED) is 0.887. The highest BCUT2D eigenvalue weighted by atomic mass is 16.5. The molecule has 0 bridgehead atoms. The van der Waals surface area contributed by atoms with Crippen molar-refractivity contribution < 1.29 is 4.74 Å². The molecule has 21 heavy (non-hydrogen) atoms. The number of hydrogen-bond acceptors (Lipinski definition) is 3. The first-order chi connectivity index (χ1) is 10.1. The molecule has 0 aliphatic carbocycles. The Bertz CT molecular complexity index is 638. The van der Waals surface area contributed by atoms with Crippen molar-refractivity contribution in [3.8, 4) is 11.8 Å².